The fourth-order valence-corrected chi connectivity index (χ4v) is 4.56. The van der Waals surface area contributed by atoms with Crippen molar-refractivity contribution in [3.8, 4) is 0 Å². The third-order valence-electron chi connectivity index (χ3n) is 6.44. The number of amides is 1. The molecule has 1 fully saturated rings. The van der Waals surface area contributed by atoms with Crippen molar-refractivity contribution >= 4 is 11.9 Å². The number of benzene rings is 2. The maximum Gasteiger partial charge on any atom is 0.427 e. The monoisotopic (exact) mass is 578 g/mol. The molecule has 0 saturated carbocycles. The number of hydrogen-bond donors (Lipinski definition) is 2. The van der Waals surface area contributed by atoms with Crippen LogP contribution < -0.4 is 11.2 Å². The zero-order chi connectivity index (χ0) is 29.7. The molecule has 3 atom stereocenters. The van der Waals surface area contributed by atoms with Gasteiger partial charge >= 0.3 is 18.4 Å². The zero-order valence-corrected chi connectivity index (χ0v) is 21.7. The summed E-state index contributed by atoms with van der Waals surface area (Å²) in [6.45, 7) is 1.86. The van der Waals surface area contributed by atoms with Gasteiger partial charge in [-0.15, -0.1) is 0 Å². The largest absolute Gasteiger partial charge is 0.452 e. The van der Waals surface area contributed by atoms with Crippen molar-refractivity contribution in [1.82, 2.24) is 10.3 Å². The number of amidine groups is 1. The first-order valence-corrected chi connectivity index (χ1v) is 12.3. The highest BCUT2D eigenvalue weighted by molar-refractivity contribution is 5.83. The van der Waals surface area contributed by atoms with Crippen LogP contribution in [0.5, 0.6) is 0 Å². The number of halogens is 7. The van der Waals surface area contributed by atoms with Crippen LogP contribution in [0, 0.1) is 5.82 Å². The maximum atomic E-state index is 13.7. The van der Waals surface area contributed by atoms with Crippen LogP contribution in [-0.2, 0) is 21.8 Å². The number of nitrogens with zero attached hydrogens (tertiary/aromatic N) is 2. The minimum Gasteiger partial charge on any atom is -0.452 e. The quantitative estimate of drug-likeness (QED) is 0.178. The number of likely N-dealkylation sites (tertiary alicyclic amines) is 1. The standard InChI is InChI=1S/C26H29F7N4O3/c1-15(17-11-18(25(28,29)30)13-19(12-17)26(31,32)33)40-21-5-3-4-10-37(14-22(34)35-36-24(38)39-2)23(21)16-6-8-20(27)9-7-16/h6-9,11-13,15,21,23H,3-5,10,14H2,1-2H3,(H2,34,35)(H,36,38)/t15-,21+,23+/m1/s1. The van der Waals surface area contributed by atoms with Gasteiger partial charge in [-0.2, -0.15) is 31.4 Å². The Morgan fingerprint density at radius 1 is 1.07 bits per heavy atom. The Kier molecular flexibility index (Phi) is 10.0. The predicted molar refractivity (Wildman–Crippen MR) is 131 cm³/mol. The van der Waals surface area contributed by atoms with Gasteiger partial charge in [0.2, 0.25) is 0 Å². The number of ether oxygens (including phenoxy) is 2. The Hall–Kier alpha value is -3.39. The highest BCUT2D eigenvalue weighted by Crippen LogP contribution is 2.40. The summed E-state index contributed by atoms with van der Waals surface area (Å²) < 4.78 is 105. The maximum absolute atomic E-state index is 13.7. The van der Waals surface area contributed by atoms with Crippen molar-refractivity contribution in [3.63, 3.8) is 0 Å². The molecule has 220 valence electrons. The molecule has 14 heteroatoms. The summed E-state index contributed by atoms with van der Waals surface area (Å²) in [5.41, 5.74) is 5.53. The van der Waals surface area contributed by atoms with Crippen molar-refractivity contribution in [2.75, 3.05) is 20.2 Å². The highest BCUT2D eigenvalue weighted by atomic mass is 19.4. The Balaban J connectivity index is 1.97. The van der Waals surface area contributed by atoms with Crippen LogP contribution in [0.4, 0.5) is 35.5 Å². The van der Waals surface area contributed by atoms with Gasteiger partial charge in [0.1, 0.15) is 11.7 Å². The van der Waals surface area contributed by atoms with Crippen LogP contribution in [0.25, 0.3) is 0 Å². The Morgan fingerprint density at radius 3 is 2.23 bits per heavy atom. The molecule has 2 aromatic rings. The van der Waals surface area contributed by atoms with Crippen LogP contribution in [0.2, 0.25) is 0 Å². The summed E-state index contributed by atoms with van der Waals surface area (Å²) in [6, 6.07) is 6.24. The van der Waals surface area contributed by atoms with E-state index in [1.54, 1.807) is 0 Å². The van der Waals surface area contributed by atoms with Crippen LogP contribution in [0.15, 0.2) is 47.6 Å². The van der Waals surface area contributed by atoms with Crippen LogP contribution in [-0.4, -0.2) is 43.1 Å². The van der Waals surface area contributed by atoms with Crippen molar-refractivity contribution in [1.29, 1.82) is 0 Å². The summed E-state index contributed by atoms with van der Waals surface area (Å²) in [5, 5.41) is 3.78. The molecule has 0 unspecified atom stereocenters. The van der Waals surface area contributed by atoms with E-state index in [-0.39, 0.29) is 24.0 Å². The number of nitrogens with one attached hydrogen (secondary N) is 1. The molecule has 1 amide bonds. The first kappa shape index (κ1) is 31.1. The molecular weight excluding hydrogens is 549 g/mol. The molecule has 1 saturated heterocycles. The second kappa shape index (κ2) is 12.9. The number of methoxy groups -OCH3 is 1. The molecule has 1 aliphatic heterocycles. The van der Waals surface area contributed by atoms with Gasteiger partial charge in [-0.1, -0.05) is 12.1 Å². The summed E-state index contributed by atoms with van der Waals surface area (Å²) in [6.07, 6.45) is -11.0. The normalized spacial score (nSPS) is 20.1. The van der Waals surface area contributed by atoms with Crippen molar-refractivity contribution < 1.29 is 45.0 Å². The molecule has 0 aromatic heterocycles. The second-order valence-corrected chi connectivity index (χ2v) is 9.33. The third kappa shape index (κ3) is 8.31. The van der Waals surface area contributed by atoms with E-state index in [0.717, 1.165) is 7.11 Å². The average Bonchev–Trinajstić information content (AvgIpc) is 3.08. The van der Waals surface area contributed by atoms with Gasteiger partial charge in [0, 0.05) is 0 Å². The summed E-state index contributed by atoms with van der Waals surface area (Å²) in [5.74, 6) is -0.499. The number of hydrazone groups is 1. The third-order valence-corrected chi connectivity index (χ3v) is 6.44. The fraction of sp³-hybridized carbons (Fsp3) is 0.462. The predicted octanol–water partition coefficient (Wildman–Crippen LogP) is 6.16. The average molecular weight is 579 g/mol. The van der Waals surface area contributed by atoms with Crippen LogP contribution in [0.3, 0.4) is 0 Å². The molecular formula is C26H29F7N4O3. The van der Waals surface area contributed by atoms with E-state index >= 15 is 0 Å². The van der Waals surface area contributed by atoms with E-state index in [0.29, 0.717) is 43.5 Å². The van der Waals surface area contributed by atoms with Crippen molar-refractivity contribution in [2.24, 2.45) is 10.8 Å². The molecule has 3 rings (SSSR count). The molecule has 40 heavy (non-hydrogen) atoms. The minimum absolute atomic E-state index is 0.00101. The lowest BCUT2D eigenvalue weighted by Gasteiger charge is -2.36. The summed E-state index contributed by atoms with van der Waals surface area (Å²) in [7, 11) is 1.14. The number of nitrogens with two attached hydrogens (primary N) is 1. The van der Waals surface area contributed by atoms with E-state index in [9.17, 15) is 35.5 Å². The van der Waals surface area contributed by atoms with E-state index in [1.807, 2.05) is 4.90 Å². The van der Waals surface area contributed by atoms with Crippen molar-refractivity contribution in [2.45, 2.75) is 56.8 Å². The molecule has 0 radical (unpaired) electrons. The number of hydrogen-bond acceptors (Lipinski definition) is 5. The second-order valence-electron chi connectivity index (χ2n) is 9.33. The van der Waals surface area contributed by atoms with Gasteiger partial charge in [0.25, 0.3) is 0 Å². The molecule has 7 nitrogen and oxygen atoms in total. The Labute approximate surface area is 226 Å². The van der Waals surface area contributed by atoms with E-state index in [1.165, 1.54) is 31.2 Å². The molecule has 2 aromatic carbocycles. The van der Waals surface area contributed by atoms with Gasteiger partial charge in [-0.25, -0.2) is 14.6 Å². The first-order chi connectivity index (χ1) is 18.7. The van der Waals surface area contributed by atoms with Crippen LogP contribution in [0.1, 0.15) is 60.6 Å². The van der Waals surface area contributed by atoms with Gasteiger partial charge in [-0.05, 0) is 74.2 Å². The Bertz CT molecular complexity index is 1150. The summed E-state index contributed by atoms with van der Waals surface area (Å²) >= 11 is 0. The molecule has 0 aliphatic carbocycles. The Morgan fingerprint density at radius 2 is 1.68 bits per heavy atom. The summed E-state index contributed by atoms with van der Waals surface area (Å²) in [4.78, 5) is 13.2. The molecule has 1 heterocycles. The molecule has 0 spiro atoms. The smallest absolute Gasteiger partial charge is 0.427 e. The minimum atomic E-state index is -5.00. The zero-order valence-electron chi connectivity index (χ0n) is 21.7. The van der Waals surface area contributed by atoms with Gasteiger partial charge in [-0.3, -0.25) is 4.90 Å². The first-order valence-electron chi connectivity index (χ1n) is 12.3. The topological polar surface area (TPSA) is 89.2 Å². The van der Waals surface area contributed by atoms with E-state index in [2.05, 4.69) is 15.3 Å². The lowest BCUT2D eigenvalue weighted by molar-refractivity contribution is -0.143. The highest BCUT2D eigenvalue weighted by Gasteiger charge is 2.38. The van der Waals surface area contributed by atoms with E-state index in [4.69, 9.17) is 10.5 Å². The lowest BCUT2D eigenvalue weighted by Crippen LogP contribution is -2.42. The number of alkyl halides is 6. The number of carbonyl (C=O) groups is 1. The fourth-order valence-electron chi connectivity index (χ4n) is 4.56. The van der Waals surface area contributed by atoms with Gasteiger partial charge in [0.05, 0.1) is 43.0 Å². The molecule has 3 N–H and O–H groups in total. The van der Waals surface area contributed by atoms with Gasteiger partial charge in [0.15, 0.2) is 0 Å². The number of rotatable bonds is 7. The van der Waals surface area contributed by atoms with Crippen LogP contribution >= 0.6 is 0 Å². The van der Waals surface area contributed by atoms with E-state index < -0.39 is 53.6 Å². The van der Waals surface area contributed by atoms with Crippen molar-refractivity contribution in [3.05, 3.63) is 70.5 Å². The molecule has 0 bridgehead atoms. The molecule has 1 aliphatic rings. The SMILES string of the molecule is COC(=O)N/N=C(\N)CN1CCCC[C@H](O[C@H](C)c2cc(C(F)(F)F)cc(C(F)(F)F)c2)[C@@H]1c1ccc(F)cc1. The lowest BCUT2D eigenvalue weighted by atomic mass is 9.96. The number of carbonyl (C=O) groups excluding carboxylic acids is 1. The van der Waals surface area contributed by atoms with Gasteiger partial charge < -0.3 is 15.2 Å².